The maximum atomic E-state index is 12.1. The van der Waals surface area contributed by atoms with E-state index in [0.29, 0.717) is 19.5 Å². The molecule has 3 N–H and O–H groups in total. The van der Waals surface area contributed by atoms with E-state index in [9.17, 15) is 13.2 Å². The highest BCUT2D eigenvalue weighted by atomic mass is 32.1. The molecule has 1 aromatic heterocycles. The van der Waals surface area contributed by atoms with E-state index in [1.165, 1.54) is 18.3 Å². The van der Waals surface area contributed by atoms with Gasteiger partial charge in [0.05, 0.1) is 17.1 Å². The third-order valence-electron chi connectivity index (χ3n) is 2.13. The highest BCUT2D eigenvalue weighted by Gasteiger charge is 2.29. The molecule has 1 rings (SSSR count). The molecule has 0 aliphatic rings. The van der Waals surface area contributed by atoms with Crippen molar-refractivity contribution in [3.8, 4) is 0 Å². The van der Waals surface area contributed by atoms with Gasteiger partial charge < -0.3 is 11.1 Å². The molecule has 0 aliphatic carbocycles. The number of nitrogens with zero attached hydrogens (tertiary/aromatic N) is 1. The lowest BCUT2D eigenvalue weighted by atomic mass is 10.2. The van der Waals surface area contributed by atoms with Crippen LogP contribution in [0.2, 0.25) is 0 Å². The summed E-state index contributed by atoms with van der Waals surface area (Å²) in [6.45, 7) is 2.41. The molecule has 0 saturated heterocycles. The highest BCUT2D eigenvalue weighted by molar-refractivity contribution is 7.09. The number of nitrogens with two attached hydrogens (primary N) is 1. The molecule has 1 heterocycles. The summed E-state index contributed by atoms with van der Waals surface area (Å²) < 4.78 is 36.2. The Morgan fingerprint density at radius 1 is 1.53 bits per heavy atom. The molecule has 17 heavy (non-hydrogen) atoms. The van der Waals surface area contributed by atoms with Crippen molar-refractivity contribution in [3.05, 3.63) is 16.1 Å². The van der Waals surface area contributed by atoms with Gasteiger partial charge in [-0.25, -0.2) is 4.98 Å². The Morgan fingerprint density at radius 3 is 2.82 bits per heavy atom. The number of rotatable bonds is 6. The maximum absolute atomic E-state index is 12.1. The number of alkyl halides is 3. The molecule has 7 heteroatoms. The molecule has 0 aromatic carbocycles. The van der Waals surface area contributed by atoms with E-state index in [0.717, 1.165) is 10.7 Å². The first-order valence-electron chi connectivity index (χ1n) is 5.34. The molecule has 0 radical (unpaired) electrons. The quantitative estimate of drug-likeness (QED) is 0.829. The Balaban J connectivity index is 2.34. The van der Waals surface area contributed by atoms with Crippen molar-refractivity contribution in [2.24, 2.45) is 5.73 Å². The van der Waals surface area contributed by atoms with Crippen molar-refractivity contribution in [1.82, 2.24) is 10.3 Å². The van der Waals surface area contributed by atoms with Crippen LogP contribution in [-0.2, 0) is 13.0 Å². The molecule has 0 spiro atoms. The second kappa shape index (κ2) is 6.32. The highest BCUT2D eigenvalue weighted by Crippen LogP contribution is 2.21. The molecule has 0 fully saturated rings. The molecule has 3 nitrogen and oxygen atoms in total. The summed E-state index contributed by atoms with van der Waals surface area (Å²) in [4.78, 5) is 4.26. The number of hydrogen-bond acceptors (Lipinski definition) is 4. The average Bonchev–Trinajstić information content (AvgIpc) is 2.61. The van der Waals surface area contributed by atoms with Gasteiger partial charge in [0.1, 0.15) is 0 Å². The Morgan fingerprint density at radius 2 is 2.24 bits per heavy atom. The standard InChI is InChI=1S/C10H16F3N3S/c1-7(4-10(11,12)13)15-5-8-6-17-9(16-8)2-3-14/h6-7,15H,2-5,14H2,1H3. The average molecular weight is 267 g/mol. The molecule has 0 saturated carbocycles. The van der Waals surface area contributed by atoms with Crippen LogP contribution in [0.1, 0.15) is 24.0 Å². The van der Waals surface area contributed by atoms with E-state index in [1.54, 1.807) is 0 Å². The van der Waals surface area contributed by atoms with E-state index in [2.05, 4.69) is 10.3 Å². The SMILES string of the molecule is CC(CC(F)(F)F)NCc1csc(CCN)n1. The molecule has 1 aromatic rings. The molecule has 0 amide bonds. The molecular weight excluding hydrogens is 251 g/mol. The van der Waals surface area contributed by atoms with E-state index in [4.69, 9.17) is 5.73 Å². The van der Waals surface area contributed by atoms with Crippen LogP contribution in [0.5, 0.6) is 0 Å². The first-order valence-corrected chi connectivity index (χ1v) is 6.22. The summed E-state index contributed by atoms with van der Waals surface area (Å²) in [5, 5.41) is 5.57. The minimum absolute atomic E-state index is 0.359. The van der Waals surface area contributed by atoms with Crippen LogP contribution in [0.3, 0.4) is 0 Å². The second-order valence-electron chi connectivity index (χ2n) is 3.87. The normalized spacial score (nSPS) is 13.9. The summed E-state index contributed by atoms with van der Waals surface area (Å²) in [5.41, 5.74) is 6.16. The predicted molar refractivity (Wildman–Crippen MR) is 61.8 cm³/mol. The Kier molecular flexibility index (Phi) is 5.35. The van der Waals surface area contributed by atoms with Crippen molar-refractivity contribution < 1.29 is 13.2 Å². The summed E-state index contributed by atoms with van der Waals surface area (Å²) in [5.74, 6) is 0. The minimum Gasteiger partial charge on any atom is -0.330 e. The van der Waals surface area contributed by atoms with Gasteiger partial charge in [0.15, 0.2) is 0 Å². The summed E-state index contributed by atoms with van der Waals surface area (Å²) in [6.07, 6.45) is -4.24. The number of hydrogen-bond donors (Lipinski definition) is 2. The van der Waals surface area contributed by atoms with Gasteiger partial charge in [-0.1, -0.05) is 0 Å². The van der Waals surface area contributed by atoms with Gasteiger partial charge in [0.25, 0.3) is 0 Å². The fourth-order valence-corrected chi connectivity index (χ4v) is 2.18. The van der Waals surface area contributed by atoms with Gasteiger partial charge in [-0.2, -0.15) is 13.2 Å². The monoisotopic (exact) mass is 267 g/mol. The van der Waals surface area contributed by atoms with E-state index >= 15 is 0 Å². The maximum Gasteiger partial charge on any atom is 0.390 e. The van der Waals surface area contributed by atoms with Crippen molar-refractivity contribution in [3.63, 3.8) is 0 Å². The lowest BCUT2D eigenvalue weighted by molar-refractivity contribution is -0.139. The smallest absolute Gasteiger partial charge is 0.330 e. The number of nitrogens with one attached hydrogen (secondary N) is 1. The number of thiazole rings is 1. The number of halogens is 3. The lowest BCUT2D eigenvalue weighted by Gasteiger charge is -2.14. The topological polar surface area (TPSA) is 50.9 Å². The molecule has 0 bridgehead atoms. The zero-order valence-electron chi connectivity index (χ0n) is 9.55. The molecule has 0 aliphatic heterocycles. The van der Waals surface area contributed by atoms with Crippen LogP contribution < -0.4 is 11.1 Å². The summed E-state index contributed by atoms with van der Waals surface area (Å²) >= 11 is 1.49. The van der Waals surface area contributed by atoms with Crippen LogP contribution in [0.25, 0.3) is 0 Å². The lowest BCUT2D eigenvalue weighted by Crippen LogP contribution is -2.30. The fourth-order valence-electron chi connectivity index (χ4n) is 1.37. The van der Waals surface area contributed by atoms with E-state index in [1.807, 2.05) is 5.38 Å². The van der Waals surface area contributed by atoms with Crippen molar-refractivity contribution in [1.29, 1.82) is 0 Å². The van der Waals surface area contributed by atoms with Crippen LogP contribution in [-0.4, -0.2) is 23.7 Å². The Labute approximate surface area is 102 Å². The van der Waals surface area contributed by atoms with Crippen LogP contribution in [0, 0.1) is 0 Å². The van der Waals surface area contributed by atoms with Crippen LogP contribution in [0.4, 0.5) is 13.2 Å². The third kappa shape index (κ3) is 5.99. The van der Waals surface area contributed by atoms with Gasteiger partial charge in [-0.3, -0.25) is 0 Å². The Hall–Kier alpha value is -0.660. The van der Waals surface area contributed by atoms with Crippen molar-refractivity contribution in [2.75, 3.05) is 6.54 Å². The molecule has 1 atom stereocenters. The molecule has 1 unspecified atom stereocenters. The zero-order valence-corrected chi connectivity index (χ0v) is 10.4. The summed E-state index contributed by atoms with van der Waals surface area (Å²) in [7, 11) is 0. The van der Waals surface area contributed by atoms with Gasteiger partial charge in [0.2, 0.25) is 0 Å². The largest absolute Gasteiger partial charge is 0.390 e. The molecule has 98 valence electrons. The third-order valence-corrected chi connectivity index (χ3v) is 3.08. The van der Waals surface area contributed by atoms with Crippen LogP contribution in [0.15, 0.2) is 5.38 Å². The van der Waals surface area contributed by atoms with Crippen molar-refractivity contribution in [2.45, 2.75) is 38.5 Å². The molecular formula is C10H16F3N3S. The minimum atomic E-state index is -4.13. The fraction of sp³-hybridized carbons (Fsp3) is 0.700. The van der Waals surface area contributed by atoms with E-state index in [-0.39, 0.29) is 0 Å². The van der Waals surface area contributed by atoms with Crippen LogP contribution >= 0.6 is 11.3 Å². The first-order chi connectivity index (χ1) is 7.90. The van der Waals surface area contributed by atoms with Gasteiger partial charge in [-0.05, 0) is 13.5 Å². The Bertz CT molecular complexity index is 338. The van der Waals surface area contributed by atoms with Gasteiger partial charge >= 0.3 is 6.18 Å². The van der Waals surface area contributed by atoms with Crippen molar-refractivity contribution >= 4 is 11.3 Å². The first kappa shape index (κ1) is 14.4. The van der Waals surface area contributed by atoms with Gasteiger partial charge in [-0.15, -0.1) is 11.3 Å². The predicted octanol–water partition coefficient (Wildman–Crippen LogP) is 2.07. The van der Waals surface area contributed by atoms with Gasteiger partial charge in [0, 0.05) is 24.4 Å². The second-order valence-corrected chi connectivity index (χ2v) is 4.82. The summed E-state index contributed by atoms with van der Waals surface area (Å²) in [6, 6.07) is -0.602. The zero-order chi connectivity index (χ0) is 12.9. The number of aromatic nitrogens is 1. The van der Waals surface area contributed by atoms with E-state index < -0.39 is 18.6 Å².